The summed E-state index contributed by atoms with van der Waals surface area (Å²) in [5, 5.41) is 0. The van der Waals surface area contributed by atoms with Crippen LogP contribution in [0.1, 0.15) is 11.7 Å². The van der Waals surface area contributed by atoms with E-state index < -0.39 is 0 Å². The molecule has 0 N–H and O–H groups in total. The summed E-state index contributed by atoms with van der Waals surface area (Å²) in [6.45, 7) is 0. The molecule has 0 saturated heterocycles. The predicted molar refractivity (Wildman–Crippen MR) is 55.2 cm³/mol. The highest BCUT2D eigenvalue weighted by atomic mass is 16.6. The third kappa shape index (κ3) is 2.07. The number of hydrogen-bond donors (Lipinski definition) is 0. The Kier molecular flexibility index (Phi) is 2.83. The fourth-order valence-corrected chi connectivity index (χ4v) is 1.65. The maximum Gasteiger partial charge on any atom is 0.331 e. The van der Waals surface area contributed by atoms with Gasteiger partial charge in [-0.3, -0.25) is 0 Å². The topological polar surface area (TPSA) is 35.5 Å². The molecule has 1 aromatic carbocycles. The molecule has 0 radical (unpaired) electrons. The van der Waals surface area contributed by atoms with Crippen LogP contribution in [0.4, 0.5) is 0 Å². The van der Waals surface area contributed by atoms with Gasteiger partial charge in [-0.1, -0.05) is 30.3 Å². The average molecular weight is 204 g/mol. The average Bonchev–Trinajstić information content (AvgIpc) is 2.68. The zero-order valence-corrected chi connectivity index (χ0v) is 8.42. The third-order valence-electron chi connectivity index (χ3n) is 2.35. The lowest BCUT2D eigenvalue weighted by molar-refractivity contribution is -0.143. The lowest BCUT2D eigenvalue weighted by Gasteiger charge is -2.20. The number of benzene rings is 1. The molecule has 1 heterocycles. The van der Waals surface area contributed by atoms with E-state index in [2.05, 4.69) is 0 Å². The van der Waals surface area contributed by atoms with Crippen LogP contribution in [0.2, 0.25) is 0 Å². The maximum atomic E-state index is 10.9. The van der Waals surface area contributed by atoms with E-state index in [-0.39, 0.29) is 18.2 Å². The zero-order valence-electron chi connectivity index (χ0n) is 8.42. The Morgan fingerprint density at radius 1 is 1.33 bits per heavy atom. The van der Waals surface area contributed by atoms with Crippen molar-refractivity contribution in [2.24, 2.45) is 0 Å². The summed E-state index contributed by atoms with van der Waals surface area (Å²) >= 11 is 0. The number of methoxy groups -OCH3 is 1. The van der Waals surface area contributed by atoms with Gasteiger partial charge in [0.05, 0.1) is 0 Å². The van der Waals surface area contributed by atoms with Crippen LogP contribution in [0.15, 0.2) is 42.5 Å². The highest BCUT2D eigenvalue weighted by Crippen LogP contribution is 2.26. The molecular formula is C12H12O3. The lowest BCUT2D eigenvalue weighted by atomic mass is 10.0. The molecule has 0 saturated carbocycles. The first kappa shape index (κ1) is 9.93. The third-order valence-corrected chi connectivity index (χ3v) is 2.35. The molecule has 0 aromatic heterocycles. The first-order valence-corrected chi connectivity index (χ1v) is 4.78. The molecular weight excluding hydrogens is 192 g/mol. The van der Waals surface area contributed by atoms with Gasteiger partial charge in [-0.05, 0) is 11.6 Å². The molecule has 2 unspecified atom stereocenters. The summed E-state index contributed by atoms with van der Waals surface area (Å²) < 4.78 is 10.4. The number of carbonyl (C=O) groups excluding carboxylic acids is 1. The van der Waals surface area contributed by atoms with Crippen molar-refractivity contribution >= 4 is 5.97 Å². The van der Waals surface area contributed by atoms with Gasteiger partial charge in [0.1, 0.15) is 6.10 Å². The van der Waals surface area contributed by atoms with Gasteiger partial charge in [-0.2, -0.15) is 0 Å². The molecule has 78 valence electrons. The number of hydrogen-bond acceptors (Lipinski definition) is 3. The van der Waals surface area contributed by atoms with E-state index in [9.17, 15) is 4.79 Å². The van der Waals surface area contributed by atoms with Gasteiger partial charge in [-0.25, -0.2) is 4.79 Å². The molecule has 15 heavy (non-hydrogen) atoms. The van der Waals surface area contributed by atoms with Crippen LogP contribution in [0, 0.1) is 0 Å². The molecule has 1 aliphatic rings. The minimum atomic E-state index is -0.315. The van der Waals surface area contributed by atoms with Gasteiger partial charge in [-0.15, -0.1) is 0 Å². The summed E-state index contributed by atoms with van der Waals surface area (Å²) in [6, 6.07) is 9.71. The van der Waals surface area contributed by atoms with Gasteiger partial charge in [0.25, 0.3) is 0 Å². The zero-order chi connectivity index (χ0) is 10.7. The van der Waals surface area contributed by atoms with Crippen LogP contribution in [0.3, 0.4) is 0 Å². The van der Waals surface area contributed by atoms with Crippen molar-refractivity contribution in [1.82, 2.24) is 0 Å². The van der Waals surface area contributed by atoms with E-state index in [1.54, 1.807) is 13.2 Å². The summed E-state index contributed by atoms with van der Waals surface area (Å²) in [5.74, 6) is -0.307. The molecule has 3 heteroatoms. The van der Waals surface area contributed by atoms with Crippen molar-refractivity contribution in [1.29, 1.82) is 0 Å². The molecule has 0 fully saturated rings. The Balaban J connectivity index is 2.18. The first-order chi connectivity index (χ1) is 7.31. The number of carbonyl (C=O) groups is 1. The van der Waals surface area contributed by atoms with Gasteiger partial charge >= 0.3 is 5.97 Å². The Bertz CT molecular complexity index is 370. The lowest BCUT2D eigenvalue weighted by Crippen LogP contribution is -2.20. The molecule has 1 aromatic rings. The SMILES string of the molecule is COC(c1ccccc1)C1C=CC(=O)O1. The second kappa shape index (κ2) is 4.28. The Hall–Kier alpha value is -1.61. The largest absolute Gasteiger partial charge is 0.452 e. The van der Waals surface area contributed by atoms with Crippen LogP contribution in [-0.2, 0) is 14.3 Å². The summed E-state index contributed by atoms with van der Waals surface area (Å²) in [7, 11) is 1.61. The quantitative estimate of drug-likeness (QED) is 0.705. The molecule has 0 aliphatic carbocycles. The second-order valence-electron chi connectivity index (χ2n) is 3.33. The van der Waals surface area contributed by atoms with Crippen LogP contribution < -0.4 is 0 Å². The summed E-state index contributed by atoms with van der Waals surface area (Å²) in [6.07, 6.45) is 2.61. The van der Waals surface area contributed by atoms with Crippen molar-refractivity contribution in [3.8, 4) is 0 Å². The molecule has 0 amide bonds. The Morgan fingerprint density at radius 2 is 2.07 bits per heavy atom. The van der Waals surface area contributed by atoms with Crippen LogP contribution in [0.25, 0.3) is 0 Å². The maximum absolute atomic E-state index is 10.9. The minimum absolute atomic E-state index is 0.228. The Labute approximate surface area is 88.3 Å². The van der Waals surface area contributed by atoms with E-state index in [1.165, 1.54) is 6.08 Å². The van der Waals surface area contributed by atoms with Crippen LogP contribution >= 0.6 is 0 Å². The number of esters is 1. The summed E-state index contributed by atoms with van der Waals surface area (Å²) in [5.41, 5.74) is 1.00. The van der Waals surface area contributed by atoms with Gasteiger partial charge in [0.2, 0.25) is 0 Å². The van der Waals surface area contributed by atoms with E-state index in [0.29, 0.717) is 0 Å². The van der Waals surface area contributed by atoms with Crippen molar-refractivity contribution in [2.45, 2.75) is 12.2 Å². The number of ether oxygens (including phenoxy) is 2. The monoisotopic (exact) mass is 204 g/mol. The smallest absolute Gasteiger partial charge is 0.331 e. The van der Waals surface area contributed by atoms with E-state index in [4.69, 9.17) is 9.47 Å². The van der Waals surface area contributed by atoms with E-state index >= 15 is 0 Å². The number of rotatable bonds is 3. The van der Waals surface area contributed by atoms with Crippen molar-refractivity contribution in [2.75, 3.05) is 7.11 Å². The molecule has 0 bridgehead atoms. The second-order valence-corrected chi connectivity index (χ2v) is 3.33. The fraction of sp³-hybridized carbons (Fsp3) is 0.250. The highest BCUT2D eigenvalue weighted by Gasteiger charge is 2.27. The van der Waals surface area contributed by atoms with E-state index in [0.717, 1.165) is 5.56 Å². The van der Waals surface area contributed by atoms with Gasteiger partial charge in [0.15, 0.2) is 6.10 Å². The fourth-order valence-electron chi connectivity index (χ4n) is 1.65. The normalized spacial score (nSPS) is 21.4. The van der Waals surface area contributed by atoms with E-state index in [1.807, 2.05) is 30.3 Å². The van der Waals surface area contributed by atoms with Crippen molar-refractivity contribution in [3.05, 3.63) is 48.0 Å². The molecule has 1 aliphatic heterocycles. The Morgan fingerprint density at radius 3 is 2.60 bits per heavy atom. The van der Waals surface area contributed by atoms with Gasteiger partial charge < -0.3 is 9.47 Å². The first-order valence-electron chi connectivity index (χ1n) is 4.78. The minimum Gasteiger partial charge on any atom is -0.452 e. The van der Waals surface area contributed by atoms with Gasteiger partial charge in [0, 0.05) is 13.2 Å². The highest BCUT2D eigenvalue weighted by molar-refractivity contribution is 5.84. The van der Waals surface area contributed by atoms with Crippen molar-refractivity contribution in [3.63, 3.8) is 0 Å². The molecule has 2 atom stereocenters. The molecule has 2 rings (SSSR count). The molecule has 0 spiro atoms. The molecule has 3 nitrogen and oxygen atoms in total. The van der Waals surface area contributed by atoms with Crippen LogP contribution in [0.5, 0.6) is 0 Å². The number of cyclic esters (lactones) is 1. The van der Waals surface area contributed by atoms with Crippen molar-refractivity contribution < 1.29 is 14.3 Å². The summed E-state index contributed by atoms with van der Waals surface area (Å²) in [4.78, 5) is 10.9. The predicted octanol–water partition coefficient (Wildman–Crippen LogP) is 1.86. The standard InChI is InChI=1S/C12H12O3/c1-14-12(9-5-3-2-4-6-9)10-7-8-11(13)15-10/h2-8,10,12H,1H3. The van der Waals surface area contributed by atoms with Crippen LogP contribution in [-0.4, -0.2) is 19.2 Å².